The number of hydrogen-bond acceptors (Lipinski definition) is 5. The summed E-state index contributed by atoms with van der Waals surface area (Å²) in [5.74, 6) is 0.906. The van der Waals surface area contributed by atoms with Gasteiger partial charge in [0.1, 0.15) is 11.3 Å². The van der Waals surface area contributed by atoms with Crippen LogP contribution >= 0.6 is 0 Å². The molecule has 5 nitrogen and oxygen atoms in total. The van der Waals surface area contributed by atoms with Crippen molar-refractivity contribution in [2.24, 2.45) is 5.73 Å². The highest BCUT2D eigenvalue weighted by molar-refractivity contribution is 5.84. The second-order valence-corrected chi connectivity index (χ2v) is 5.97. The molecule has 1 unspecified atom stereocenters. The smallest absolute Gasteiger partial charge is 0.213 e. The quantitative estimate of drug-likeness (QED) is 0.797. The lowest BCUT2D eigenvalue weighted by atomic mass is 10.00. The summed E-state index contributed by atoms with van der Waals surface area (Å²) in [5, 5.41) is 0.548. The molecule has 0 fully saturated rings. The Bertz CT molecular complexity index is 974. The van der Waals surface area contributed by atoms with E-state index < -0.39 is 0 Å². The lowest BCUT2D eigenvalue weighted by molar-refractivity contribution is 0.398. The highest BCUT2D eigenvalue weighted by Crippen LogP contribution is 2.30. The second-order valence-electron chi connectivity index (χ2n) is 5.97. The Morgan fingerprint density at radius 2 is 2.00 bits per heavy atom. The van der Waals surface area contributed by atoms with Crippen molar-refractivity contribution in [2.45, 2.75) is 26.8 Å². The number of rotatable bonds is 3. The molecule has 0 aliphatic carbocycles. The molecule has 2 aromatic heterocycles. The summed E-state index contributed by atoms with van der Waals surface area (Å²) in [4.78, 5) is 17.2. The molecule has 0 spiro atoms. The van der Waals surface area contributed by atoms with Gasteiger partial charge in [0.05, 0.1) is 12.5 Å². The number of benzene rings is 1. The maximum absolute atomic E-state index is 12.8. The number of pyridine rings is 1. The van der Waals surface area contributed by atoms with Gasteiger partial charge in [-0.2, -0.15) is 0 Å². The molecular formula is C19H20N2O3. The standard InChI is InChI=1S/C19H20N2O3/c1-10-8-13(12(3)20)19-14(9-10)17(22)11(2)18(24-19)15-6-5-7-16(21-15)23-4/h5-9,12H,20H2,1-4H3. The van der Waals surface area contributed by atoms with Crippen molar-refractivity contribution in [3.8, 4) is 17.3 Å². The van der Waals surface area contributed by atoms with Gasteiger partial charge in [-0.1, -0.05) is 12.1 Å². The summed E-state index contributed by atoms with van der Waals surface area (Å²) in [7, 11) is 1.55. The highest BCUT2D eigenvalue weighted by atomic mass is 16.5. The van der Waals surface area contributed by atoms with Crippen molar-refractivity contribution < 1.29 is 9.15 Å². The second kappa shape index (κ2) is 6.09. The summed E-state index contributed by atoms with van der Waals surface area (Å²) in [6, 6.07) is 8.89. The van der Waals surface area contributed by atoms with Crippen LogP contribution in [0.5, 0.6) is 5.88 Å². The van der Waals surface area contributed by atoms with Crippen LogP contribution in [0.2, 0.25) is 0 Å². The van der Waals surface area contributed by atoms with Gasteiger partial charge in [0.2, 0.25) is 5.88 Å². The molecular weight excluding hydrogens is 304 g/mol. The molecule has 1 aromatic carbocycles. The number of nitrogens with two attached hydrogens (primary N) is 1. The molecule has 0 saturated heterocycles. The molecule has 0 aliphatic rings. The predicted octanol–water partition coefficient (Wildman–Crippen LogP) is 3.50. The monoisotopic (exact) mass is 324 g/mol. The van der Waals surface area contributed by atoms with Crippen LogP contribution in [-0.4, -0.2) is 12.1 Å². The van der Waals surface area contributed by atoms with Crippen molar-refractivity contribution in [1.82, 2.24) is 4.98 Å². The first-order valence-corrected chi connectivity index (χ1v) is 7.77. The number of aryl methyl sites for hydroxylation is 1. The van der Waals surface area contributed by atoms with E-state index in [1.165, 1.54) is 0 Å². The third-order valence-corrected chi connectivity index (χ3v) is 4.05. The van der Waals surface area contributed by atoms with Crippen molar-refractivity contribution in [2.75, 3.05) is 7.11 Å². The molecule has 2 heterocycles. The zero-order chi connectivity index (χ0) is 17.4. The normalized spacial score (nSPS) is 12.4. The third kappa shape index (κ3) is 2.67. The molecule has 0 aliphatic heterocycles. The lowest BCUT2D eigenvalue weighted by Crippen LogP contribution is -2.12. The van der Waals surface area contributed by atoms with Crippen molar-refractivity contribution >= 4 is 11.0 Å². The summed E-state index contributed by atoms with van der Waals surface area (Å²) >= 11 is 0. The zero-order valence-electron chi connectivity index (χ0n) is 14.2. The fraction of sp³-hybridized carbons (Fsp3) is 0.263. The first kappa shape index (κ1) is 16.2. The first-order chi connectivity index (χ1) is 11.4. The minimum absolute atomic E-state index is 0.0681. The van der Waals surface area contributed by atoms with Crippen LogP contribution < -0.4 is 15.9 Å². The van der Waals surface area contributed by atoms with Crippen LogP contribution in [-0.2, 0) is 0 Å². The lowest BCUT2D eigenvalue weighted by Gasteiger charge is -2.13. The Hall–Kier alpha value is -2.66. The number of nitrogens with zero attached hydrogens (tertiary/aromatic N) is 1. The number of aromatic nitrogens is 1. The van der Waals surface area contributed by atoms with Crippen LogP contribution in [0.4, 0.5) is 0 Å². The Balaban J connectivity index is 2.38. The molecule has 1 atom stereocenters. The van der Waals surface area contributed by atoms with E-state index in [9.17, 15) is 4.79 Å². The Morgan fingerprint density at radius 1 is 1.25 bits per heavy atom. The summed E-state index contributed by atoms with van der Waals surface area (Å²) < 4.78 is 11.3. The minimum Gasteiger partial charge on any atom is -0.481 e. The SMILES string of the molecule is COc1cccc(-c2oc3c(C(C)N)cc(C)cc3c(=O)c2C)n1. The maximum Gasteiger partial charge on any atom is 0.213 e. The van der Waals surface area contributed by atoms with Gasteiger partial charge in [-0.25, -0.2) is 4.98 Å². The van der Waals surface area contributed by atoms with Crippen LogP contribution in [0, 0.1) is 13.8 Å². The maximum atomic E-state index is 12.8. The van der Waals surface area contributed by atoms with Gasteiger partial charge in [-0.15, -0.1) is 0 Å². The molecule has 5 heteroatoms. The van der Waals surface area contributed by atoms with E-state index in [0.717, 1.165) is 11.1 Å². The van der Waals surface area contributed by atoms with E-state index in [1.807, 2.05) is 32.0 Å². The van der Waals surface area contributed by atoms with E-state index in [0.29, 0.717) is 33.9 Å². The third-order valence-electron chi connectivity index (χ3n) is 4.05. The zero-order valence-corrected chi connectivity index (χ0v) is 14.2. The van der Waals surface area contributed by atoms with Crippen LogP contribution in [0.15, 0.2) is 39.5 Å². The number of fused-ring (bicyclic) bond motifs is 1. The van der Waals surface area contributed by atoms with E-state index in [2.05, 4.69) is 4.98 Å². The van der Waals surface area contributed by atoms with Crippen LogP contribution in [0.3, 0.4) is 0 Å². The van der Waals surface area contributed by atoms with Crippen molar-refractivity contribution in [1.29, 1.82) is 0 Å². The average Bonchev–Trinajstić information content (AvgIpc) is 2.57. The Morgan fingerprint density at radius 3 is 2.67 bits per heavy atom. The van der Waals surface area contributed by atoms with E-state index >= 15 is 0 Å². The van der Waals surface area contributed by atoms with Gasteiger partial charge >= 0.3 is 0 Å². The molecule has 24 heavy (non-hydrogen) atoms. The molecule has 124 valence electrons. The average molecular weight is 324 g/mol. The van der Waals surface area contributed by atoms with Gasteiger partial charge < -0.3 is 14.9 Å². The Kier molecular flexibility index (Phi) is 4.11. The minimum atomic E-state index is -0.246. The summed E-state index contributed by atoms with van der Waals surface area (Å²) in [6.07, 6.45) is 0. The Labute approximate surface area is 140 Å². The first-order valence-electron chi connectivity index (χ1n) is 7.77. The number of ether oxygens (including phenoxy) is 1. The number of methoxy groups -OCH3 is 1. The highest BCUT2D eigenvalue weighted by Gasteiger charge is 2.18. The van der Waals surface area contributed by atoms with Gasteiger partial charge in [0.25, 0.3) is 0 Å². The summed E-state index contributed by atoms with van der Waals surface area (Å²) in [6.45, 7) is 5.56. The summed E-state index contributed by atoms with van der Waals surface area (Å²) in [5.41, 5.74) is 9.39. The fourth-order valence-corrected chi connectivity index (χ4v) is 2.81. The van der Waals surface area contributed by atoms with Crippen molar-refractivity contribution in [3.63, 3.8) is 0 Å². The molecule has 0 bridgehead atoms. The van der Waals surface area contributed by atoms with E-state index in [-0.39, 0.29) is 11.5 Å². The topological polar surface area (TPSA) is 78.4 Å². The van der Waals surface area contributed by atoms with Crippen LogP contribution in [0.25, 0.3) is 22.4 Å². The predicted molar refractivity (Wildman–Crippen MR) is 94.3 cm³/mol. The molecule has 0 amide bonds. The molecule has 0 saturated carbocycles. The van der Waals surface area contributed by atoms with Crippen LogP contribution in [0.1, 0.15) is 29.7 Å². The molecule has 3 aromatic rings. The van der Waals surface area contributed by atoms with Crippen molar-refractivity contribution in [3.05, 3.63) is 57.2 Å². The van der Waals surface area contributed by atoms with Gasteiger partial charge in [-0.3, -0.25) is 4.79 Å². The molecule has 2 N–H and O–H groups in total. The number of hydrogen-bond donors (Lipinski definition) is 1. The largest absolute Gasteiger partial charge is 0.481 e. The van der Waals surface area contributed by atoms with Gasteiger partial charge in [0.15, 0.2) is 11.2 Å². The van der Waals surface area contributed by atoms with E-state index in [1.54, 1.807) is 26.2 Å². The van der Waals surface area contributed by atoms with E-state index in [4.69, 9.17) is 14.9 Å². The molecule has 0 radical (unpaired) electrons. The van der Waals surface area contributed by atoms with Gasteiger partial charge in [0, 0.05) is 23.2 Å². The fourth-order valence-electron chi connectivity index (χ4n) is 2.81. The van der Waals surface area contributed by atoms with Gasteiger partial charge in [-0.05, 0) is 38.5 Å². The molecule has 3 rings (SSSR count).